The highest BCUT2D eigenvalue weighted by molar-refractivity contribution is 5.98. The molecule has 162 valence electrons. The van der Waals surface area contributed by atoms with Crippen molar-refractivity contribution < 1.29 is 22.7 Å². The molecule has 0 spiro atoms. The smallest absolute Gasteiger partial charge is 0.416 e. The second kappa shape index (κ2) is 9.59. The third kappa shape index (κ3) is 5.81. The fourth-order valence-electron chi connectivity index (χ4n) is 2.95. The summed E-state index contributed by atoms with van der Waals surface area (Å²) in [6, 6.07) is 12.8. The molecule has 0 N–H and O–H groups in total. The molecule has 0 unspecified atom stereocenters. The van der Waals surface area contributed by atoms with Gasteiger partial charge in [0.1, 0.15) is 23.1 Å². The number of benzene rings is 2. The van der Waals surface area contributed by atoms with E-state index in [9.17, 15) is 18.0 Å². The van der Waals surface area contributed by atoms with Gasteiger partial charge in [0.25, 0.3) is 0 Å². The van der Waals surface area contributed by atoms with Gasteiger partial charge in [-0.05, 0) is 61.0 Å². The van der Waals surface area contributed by atoms with E-state index in [1.165, 1.54) is 24.0 Å². The van der Waals surface area contributed by atoms with E-state index in [1.807, 2.05) is 0 Å². The van der Waals surface area contributed by atoms with Crippen molar-refractivity contribution in [2.75, 3.05) is 4.90 Å². The highest BCUT2D eigenvalue weighted by Gasteiger charge is 2.30. The normalized spacial score (nSPS) is 11.3. The van der Waals surface area contributed by atoms with Crippen LogP contribution >= 0.6 is 0 Å². The summed E-state index contributed by atoms with van der Waals surface area (Å²) in [4.78, 5) is 22.5. The first-order valence-electron chi connectivity index (χ1n) is 9.85. The van der Waals surface area contributed by atoms with Gasteiger partial charge in [0.2, 0.25) is 5.91 Å². The van der Waals surface area contributed by atoms with E-state index in [2.05, 4.69) is 16.9 Å². The second-order valence-corrected chi connectivity index (χ2v) is 6.91. The van der Waals surface area contributed by atoms with E-state index in [0.29, 0.717) is 23.1 Å². The molecule has 31 heavy (non-hydrogen) atoms. The maximum absolute atomic E-state index is 12.7. The quantitative estimate of drug-likeness (QED) is 0.441. The number of halogens is 3. The lowest BCUT2D eigenvalue weighted by atomic mass is 10.2. The number of carbonyl (C=O) groups is 1. The molecule has 3 rings (SSSR count). The summed E-state index contributed by atoms with van der Waals surface area (Å²) in [5.74, 6) is 1.65. The van der Waals surface area contributed by atoms with Crippen molar-refractivity contribution in [3.63, 3.8) is 0 Å². The Morgan fingerprint density at radius 2 is 1.61 bits per heavy atom. The Kier molecular flexibility index (Phi) is 6.89. The molecule has 0 aliphatic carbocycles. The molecule has 0 atom stereocenters. The maximum atomic E-state index is 12.7. The Labute approximate surface area is 178 Å². The van der Waals surface area contributed by atoms with Crippen molar-refractivity contribution in [2.45, 2.75) is 39.3 Å². The third-order valence-electron chi connectivity index (χ3n) is 4.50. The van der Waals surface area contributed by atoms with E-state index in [1.54, 1.807) is 36.5 Å². The van der Waals surface area contributed by atoms with Gasteiger partial charge < -0.3 is 4.74 Å². The molecule has 1 heterocycles. The fraction of sp³-hybridized carbons (Fsp3) is 0.261. The van der Waals surface area contributed by atoms with Crippen molar-refractivity contribution in [2.24, 2.45) is 0 Å². The van der Waals surface area contributed by atoms with Gasteiger partial charge in [-0.25, -0.2) is 9.97 Å². The van der Waals surface area contributed by atoms with Crippen molar-refractivity contribution in [3.05, 3.63) is 72.2 Å². The molecule has 5 nitrogen and oxygen atoms in total. The van der Waals surface area contributed by atoms with Gasteiger partial charge >= 0.3 is 6.18 Å². The number of hydrogen-bond donors (Lipinski definition) is 0. The Bertz CT molecular complexity index is 1020. The summed E-state index contributed by atoms with van der Waals surface area (Å²) < 4.78 is 43.6. The zero-order valence-corrected chi connectivity index (χ0v) is 17.2. The number of rotatable bonds is 7. The van der Waals surface area contributed by atoms with Crippen LogP contribution in [0.2, 0.25) is 0 Å². The van der Waals surface area contributed by atoms with Gasteiger partial charge in [-0.2, -0.15) is 13.2 Å². The minimum absolute atomic E-state index is 0.212. The number of aromatic nitrogens is 2. The largest absolute Gasteiger partial charge is 0.457 e. The second-order valence-electron chi connectivity index (χ2n) is 6.91. The number of hydrogen-bond acceptors (Lipinski definition) is 4. The number of amides is 1. The van der Waals surface area contributed by atoms with Gasteiger partial charge in [0, 0.05) is 19.5 Å². The molecule has 0 saturated heterocycles. The molecule has 1 aromatic heterocycles. The standard InChI is InChI=1S/C23H22F3N3O2/c1-3-4-5-21-27-15-14-22(28-21)29(16(2)30)18-8-12-20(13-9-18)31-19-10-6-17(7-11-19)23(24,25)26/h6-15H,3-5H2,1-2H3. The molecule has 3 aromatic rings. The summed E-state index contributed by atoms with van der Waals surface area (Å²) >= 11 is 0. The van der Waals surface area contributed by atoms with Crippen LogP contribution in [0.15, 0.2) is 60.8 Å². The molecule has 0 aliphatic heterocycles. The van der Waals surface area contributed by atoms with Crippen LogP contribution in [0.1, 0.15) is 38.1 Å². The van der Waals surface area contributed by atoms with Gasteiger partial charge in [-0.1, -0.05) is 13.3 Å². The minimum atomic E-state index is -4.40. The summed E-state index contributed by atoms with van der Waals surface area (Å²) in [6.07, 6.45) is -0.0566. The van der Waals surface area contributed by atoms with Crippen LogP contribution in [0.5, 0.6) is 11.5 Å². The van der Waals surface area contributed by atoms with E-state index < -0.39 is 11.7 Å². The predicted octanol–water partition coefficient (Wildman–Crippen LogP) is 6.31. The maximum Gasteiger partial charge on any atom is 0.416 e. The SMILES string of the molecule is CCCCc1nccc(N(C(C)=O)c2ccc(Oc3ccc(C(F)(F)F)cc3)cc2)n1. The molecule has 1 amide bonds. The van der Waals surface area contributed by atoms with E-state index in [-0.39, 0.29) is 11.7 Å². The summed E-state index contributed by atoms with van der Waals surface area (Å²) in [6.45, 7) is 3.53. The van der Waals surface area contributed by atoms with Gasteiger partial charge in [-0.15, -0.1) is 0 Å². The number of ether oxygens (including phenoxy) is 1. The highest BCUT2D eigenvalue weighted by atomic mass is 19.4. The van der Waals surface area contributed by atoms with Gasteiger partial charge in [0.15, 0.2) is 0 Å². The number of aryl methyl sites for hydroxylation is 1. The molecular formula is C23H22F3N3O2. The van der Waals surface area contributed by atoms with Gasteiger partial charge in [-0.3, -0.25) is 9.69 Å². The average Bonchev–Trinajstić information content (AvgIpc) is 2.73. The zero-order valence-electron chi connectivity index (χ0n) is 17.2. The lowest BCUT2D eigenvalue weighted by molar-refractivity contribution is -0.137. The number of anilines is 2. The fourth-order valence-corrected chi connectivity index (χ4v) is 2.95. The van der Waals surface area contributed by atoms with Crippen LogP contribution in [-0.4, -0.2) is 15.9 Å². The highest BCUT2D eigenvalue weighted by Crippen LogP contribution is 2.32. The van der Waals surface area contributed by atoms with E-state index >= 15 is 0 Å². The summed E-state index contributed by atoms with van der Waals surface area (Å²) in [5, 5.41) is 0. The molecule has 0 radical (unpaired) electrons. The predicted molar refractivity (Wildman–Crippen MR) is 111 cm³/mol. The topological polar surface area (TPSA) is 55.3 Å². The number of unbranched alkanes of at least 4 members (excludes halogenated alkanes) is 1. The van der Waals surface area contributed by atoms with E-state index in [0.717, 1.165) is 31.4 Å². The Morgan fingerprint density at radius 1 is 1.00 bits per heavy atom. The monoisotopic (exact) mass is 429 g/mol. The molecule has 0 saturated carbocycles. The first-order valence-corrected chi connectivity index (χ1v) is 9.85. The summed E-state index contributed by atoms with van der Waals surface area (Å²) in [7, 11) is 0. The molecule has 0 fully saturated rings. The summed E-state index contributed by atoms with van der Waals surface area (Å²) in [5.41, 5.74) is -0.150. The van der Waals surface area contributed by atoms with Crippen molar-refractivity contribution in [1.82, 2.24) is 9.97 Å². The van der Waals surface area contributed by atoms with Crippen LogP contribution in [0.3, 0.4) is 0 Å². The molecule has 8 heteroatoms. The molecular weight excluding hydrogens is 407 g/mol. The van der Waals surface area contributed by atoms with Crippen LogP contribution in [0.4, 0.5) is 24.7 Å². The lowest BCUT2D eigenvalue weighted by Crippen LogP contribution is -2.24. The van der Waals surface area contributed by atoms with Crippen LogP contribution < -0.4 is 9.64 Å². The minimum Gasteiger partial charge on any atom is -0.457 e. The van der Waals surface area contributed by atoms with Crippen LogP contribution in [0.25, 0.3) is 0 Å². The average molecular weight is 429 g/mol. The Hall–Kier alpha value is -3.42. The first kappa shape index (κ1) is 22.3. The molecule has 2 aromatic carbocycles. The Morgan fingerprint density at radius 3 is 2.16 bits per heavy atom. The number of carbonyl (C=O) groups excluding carboxylic acids is 1. The van der Waals surface area contributed by atoms with Crippen molar-refractivity contribution in [3.8, 4) is 11.5 Å². The van der Waals surface area contributed by atoms with E-state index in [4.69, 9.17) is 4.74 Å². The molecule has 0 aliphatic rings. The van der Waals surface area contributed by atoms with Crippen molar-refractivity contribution >= 4 is 17.4 Å². The Balaban J connectivity index is 1.77. The zero-order chi connectivity index (χ0) is 22.4. The van der Waals surface area contributed by atoms with Crippen molar-refractivity contribution in [1.29, 1.82) is 0 Å². The lowest BCUT2D eigenvalue weighted by Gasteiger charge is -2.21. The van der Waals surface area contributed by atoms with Crippen LogP contribution in [0, 0.1) is 0 Å². The van der Waals surface area contributed by atoms with Gasteiger partial charge in [0.05, 0.1) is 11.3 Å². The number of nitrogens with zero attached hydrogens (tertiary/aromatic N) is 3. The first-order chi connectivity index (χ1) is 14.8. The molecule has 0 bridgehead atoms. The third-order valence-corrected chi connectivity index (χ3v) is 4.50. The van der Waals surface area contributed by atoms with Crippen LogP contribution in [-0.2, 0) is 17.4 Å². The number of alkyl halides is 3.